The Hall–Kier alpha value is -2.87. The molecule has 2 N–H and O–H groups in total. The van der Waals surface area contributed by atoms with Crippen LogP contribution in [0.5, 0.6) is 17.2 Å². The minimum absolute atomic E-state index is 0.0817. The van der Waals surface area contributed by atoms with Crippen LogP contribution in [0.3, 0.4) is 0 Å². The van der Waals surface area contributed by atoms with Gasteiger partial charge in [-0.1, -0.05) is 17.7 Å². The Bertz CT molecular complexity index is 815. The number of phenolic OH excluding ortho intramolecular Hbond substituents is 1. The average molecular weight is 385 g/mol. The first-order chi connectivity index (χ1) is 12.4. The Labute approximate surface area is 153 Å². The predicted octanol–water partition coefficient (Wildman–Crippen LogP) is 3.81. The van der Waals surface area contributed by atoms with Crippen molar-refractivity contribution in [1.82, 2.24) is 5.43 Å². The van der Waals surface area contributed by atoms with Crippen molar-refractivity contribution in [1.29, 1.82) is 0 Å². The van der Waals surface area contributed by atoms with Crippen LogP contribution in [0, 0.1) is 0 Å². The summed E-state index contributed by atoms with van der Waals surface area (Å²) in [5, 5.41) is 13.6. The molecule has 0 spiro atoms. The van der Waals surface area contributed by atoms with Gasteiger partial charge in [-0.05, 0) is 37.3 Å². The summed E-state index contributed by atoms with van der Waals surface area (Å²) in [6.45, 7) is -1.10. The second-order valence-corrected chi connectivity index (χ2v) is 5.28. The number of amides is 1. The van der Waals surface area contributed by atoms with Crippen LogP contribution in [0.25, 0.3) is 0 Å². The number of aromatic hydroxyl groups is 1. The maximum Gasteiger partial charge on any atom is 0.387 e. The van der Waals surface area contributed by atoms with E-state index in [0.717, 1.165) is 6.21 Å². The van der Waals surface area contributed by atoms with Gasteiger partial charge in [-0.3, -0.25) is 4.79 Å². The van der Waals surface area contributed by atoms with Gasteiger partial charge in [0, 0.05) is 10.6 Å². The van der Waals surface area contributed by atoms with E-state index < -0.39 is 12.5 Å². The van der Waals surface area contributed by atoms with E-state index in [1.165, 1.54) is 30.3 Å². The smallest absolute Gasteiger partial charge is 0.387 e. The molecule has 0 aliphatic heterocycles. The Morgan fingerprint density at radius 2 is 2.15 bits per heavy atom. The zero-order valence-electron chi connectivity index (χ0n) is 13.6. The Morgan fingerprint density at radius 1 is 1.38 bits per heavy atom. The average Bonchev–Trinajstić information content (AvgIpc) is 2.59. The molecule has 2 aromatic rings. The molecule has 2 rings (SSSR count). The zero-order valence-corrected chi connectivity index (χ0v) is 14.3. The number of alkyl halides is 2. The number of phenols is 1. The monoisotopic (exact) mass is 384 g/mol. The van der Waals surface area contributed by atoms with Gasteiger partial charge >= 0.3 is 6.61 Å². The van der Waals surface area contributed by atoms with Crippen LogP contribution in [-0.4, -0.2) is 30.4 Å². The second-order valence-electron chi connectivity index (χ2n) is 4.85. The van der Waals surface area contributed by atoms with Crippen LogP contribution >= 0.6 is 11.6 Å². The molecule has 0 bridgehead atoms. The molecule has 0 unspecified atom stereocenters. The summed E-state index contributed by atoms with van der Waals surface area (Å²) in [5.74, 6) is -1.08. The Kier molecular flexibility index (Phi) is 6.74. The van der Waals surface area contributed by atoms with E-state index in [1.54, 1.807) is 13.0 Å². The van der Waals surface area contributed by atoms with Crippen molar-refractivity contribution in [3.05, 3.63) is 52.5 Å². The Morgan fingerprint density at radius 3 is 2.85 bits per heavy atom. The number of carbonyl (C=O) groups excluding carboxylic acids is 1. The van der Waals surface area contributed by atoms with Crippen LogP contribution in [0.4, 0.5) is 8.78 Å². The molecule has 0 heterocycles. The fraction of sp³-hybridized carbons (Fsp3) is 0.176. The van der Waals surface area contributed by atoms with Crippen LogP contribution in [0.2, 0.25) is 5.02 Å². The molecule has 9 heteroatoms. The highest BCUT2D eigenvalue weighted by Gasteiger charge is 2.15. The van der Waals surface area contributed by atoms with E-state index in [2.05, 4.69) is 15.3 Å². The number of hydrogen-bond acceptors (Lipinski definition) is 5. The lowest BCUT2D eigenvalue weighted by Gasteiger charge is -2.13. The molecule has 0 aliphatic carbocycles. The van der Waals surface area contributed by atoms with E-state index in [0.29, 0.717) is 0 Å². The second kappa shape index (κ2) is 9.00. The zero-order chi connectivity index (χ0) is 19.1. The van der Waals surface area contributed by atoms with Gasteiger partial charge in [-0.2, -0.15) is 13.9 Å². The number of para-hydroxylation sites is 1. The van der Waals surface area contributed by atoms with Gasteiger partial charge in [0.1, 0.15) is 5.75 Å². The molecule has 0 atom stereocenters. The van der Waals surface area contributed by atoms with E-state index in [-0.39, 0.29) is 40.0 Å². The summed E-state index contributed by atoms with van der Waals surface area (Å²) in [6.07, 6.45) is 1.12. The molecule has 0 aromatic heterocycles. The first-order valence-electron chi connectivity index (χ1n) is 7.45. The number of nitrogens with zero attached hydrogens (tertiary/aromatic N) is 1. The van der Waals surface area contributed by atoms with Gasteiger partial charge in [0.25, 0.3) is 5.91 Å². The van der Waals surface area contributed by atoms with Gasteiger partial charge in [0.05, 0.1) is 18.4 Å². The van der Waals surface area contributed by atoms with Gasteiger partial charge in [0.15, 0.2) is 11.5 Å². The quantitative estimate of drug-likeness (QED) is 0.562. The van der Waals surface area contributed by atoms with Crippen LogP contribution < -0.4 is 14.9 Å². The molecule has 2 aromatic carbocycles. The highest BCUT2D eigenvalue weighted by Crippen LogP contribution is 2.31. The van der Waals surface area contributed by atoms with Gasteiger partial charge in [-0.25, -0.2) is 5.43 Å². The fourth-order valence-corrected chi connectivity index (χ4v) is 2.20. The lowest BCUT2D eigenvalue weighted by molar-refractivity contribution is -0.0515. The normalized spacial score (nSPS) is 11.0. The Balaban J connectivity index is 2.20. The van der Waals surface area contributed by atoms with Crippen LogP contribution in [-0.2, 0) is 0 Å². The van der Waals surface area contributed by atoms with Gasteiger partial charge < -0.3 is 14.6 Å². The summed E-state index contributed by atoms with van der Waals surface area (Å²) in [6, 6.07) is 8.46. The maximum absolute atomic E-state index is 12.6. The number of hydrazone groups is 1. The standard InChI is InChI=1S/C17H15ClF2N2O4/c1-2-25-14-5-3-4-10(15(14)26-17(19)20)9-21-22-16(24)12-8-11(18)6-7-13(12)23/h3-9,17,23H,2H2,1H3,(H,22,24)/b21-9-. The maximum atomic E-state index is 12.6. The molecule has 0 radical (unpaired) electrons. The lowest BCUT2D eigenvalue weighted by atomic mass is 10.2. The predicted molar refractivity (Wildman–Crippen MR) is 92.4 cm³/mol. The summed E-state index contributed by atoms with van der Waals surface area (Å²) in [5.41, 5.74) is 2.27. The third-order valence-corrected chi connectivity index (χ3v) is 3.32. The number of hydrogen-bond donors (Lipinski definition) is 2. The van der Waals surface area contributed by atoms with Crippen LogP contribution in [0.1, 0.15) is 22.8 Å². The number of ether oxygens (including phenoxy) is 2. The molecule has 0 fully saturated rings. The molecule has 6 nitrogen and oxygen atoms in total. The minimum atomic E-state index is -3.05. The molecular formula is C17H15ClF2N2O4. The van der Waals surface area contributed by atoms with Crippen LogP contribution in [0.15, 0.2) is 41.5 Å². The molecule has 26 heavy (non-hydrogen) atoms. The van der Waals surface area contributed by atoms with E-state index >= 15 is 0 Å². The molecule has 138 valence electrons. The lowest BCUT2D eigenvalue weighted by Crippen LogP contribution is -2.18. The van der Waals surface area contributed by atoms with E-state index in [9.17, 15) is 18.7 Å². The topological polar surface area (TPSA) is 80.2 Å². The van der Waals surface area contributed by atoms with Crippen molar-refractivity contribution < 1.29 is 28.2 Å². The van der Waals surface area contributed by atoms with Gasteiger partial charge in [-0.15, -0.1) is 0 Å². The SMILES string of the molecule is CCOc1cccc(/C=N\NC(=O)c2cc(Cl)ccc2O)c1OC(F)F. The first kappa shape index (κ1) is 19.5. The summed E-state index contributed by atoms with van der Waals surface area (Å²) >= 11 is 5.78. The number of halogens is 3. The third kappa shape index (κ3) is 5.06. The van der Waals surface area contributed by atoms with E-state index in [4.69, 9.17) is 16.3 Å². The van der Waals surface area contributed by atoms with Crippen molar-refractivity contribution in [2.45, 2.75) is 13.5 Å². The molecule has 0 aliphatic rings. The molecule has 0 saturated heterocycles. The highest BCUT2D eigenvalue weighted by atomic mass is 35.5. The largest absolute Gasteiger partial charge is 0.507 e. The highest BCUT2D eigenvalue weighted by molar-refractivity contribution is 6.31. The number of carbonyl (C=O) groups is 1. The molecular weight excluding hydrogens is 370 g/mol. The van der Waals surface area contributed by atoms with E-state index in [1.807, 2.05) is 0 Å². The molecule has 0 saturated carbocycles. The van der Waals surface area contributed by atoms with Crippen molar-refractivity contribution in [3.63, 3.8) is 0 Å². The number of rotatable bonds is 7. The first-order valence-corrected chi connectivity index (χ1v) is 7.82. The van der Waals surface area contributed by atoms with Crippen molar-refractivity contribution >= 4 is 23.7 Å². The van der Waals surface area contributed by atoms with Crippen molar-refractivity contribution in [2.75, 3.05) is 6.61 Å². The molecule has 1 amide bonds. The third-order valence-electron chi connectivity index (χ3n) is 3.09. The number of benzene rings is 2. The van der Waals surface area contributed by atoms with Crippen molar-refractivity contribution in [2.24, 2.45) is 5.10 Å². The summed E-state index contributed by atoms with van der Waals surface area (Å²) < 4.78 is 35.0. The fourth-order valence-electron chi connectivity index (χ4n) is 2.03. The minimum Gasteiger partial charge on any atom is -0.507 e. The summed E-state index contributed by atoms with van der Waals surface area (Å²) in [7, 11) is 0. The van der Waals surface area contributed by atoms with Gasteiger partial charge in [0.2, 0.25) is 0 Å². The number of nitrogens with one attached hydrogen (secondary N) is 1. The summed E-state index contributed by atoms with van der Waals surface area (Å²) in [4.78, 5) is 12.0. The van der Waals surface area contributed by atoms with Crippen molar-refractivity contribution in [3.8, 4) is 17.2 Å².